The van der Waals surface area contributed by atoms with Crippen molar-refractivity contribution in [1.82, 2.24) is 0 Å². The van der Waals surface area contributed by atoms with E-state index in [0.29, 0.717) is 17.0 Å². The third-order valence-corrected chi connectivity index (χ3v) is 1.87. The van der Waals surface area contributed by atoms with Crippen LogP contribution in [-0.4, -0.2) is 18.8 Å². The largest absolute Gasteiger partial charge is 0.497 e. The Balaban J connectivity index is 3.11. The van der Waals surface area contributed by atoms with Crippen molar-refractivity contribution in [2.24, 2.45) is 0 Å². The van der Waals surface area contributed by atoms with Gasteiger partial charge in [0.15, 0.2) is 5.78 Å². The van der Waals surface area contributed by atoms with Crippen LogP contribution in [0, 0.1) is 0 Å². The molecule has 0 spiro atoms. The van der Waals surface area contributed by atoms with E-state index >= 15 is 0 Å². The third kappa shape index (κ3) is 3.09. The van der Waals surface area contributed by atoms with Crippen molar-refractivity contribution in [1.29, 1.82) is 0 Å². The normalized spacial score (nSPS) is 9.53. The molecule has 80 valence electrons. The van der Waals surface area contributed by atoms with Crippen LogP contribution in [0.25, 0.3) is 0 Å². The number of hydrogen-bond acceptors (Lipinski definition) is 3. The average Bonchev–Trinajstić information content (AvgIpc) is 2.16. The lowest BCUT2D eigenvalue weighted by atomic mass is 10.1. The number of anilines is 1. The summed E-state index contributed by atoms with van der Waals surface area (Å²) < 4.78 is 5.02. The summed E-state index contributed by atoms with van der Waals surface area (Å²) in [5.41, 5.74) is 1.07. The van der Waals surface area contributed by atoms with Crippen molar-refractivity contribution < 1.29 is 14.3 Å². The van der Waals surface area contributed by atoms with Gasteiger partial charge >= 0.3 is 0 Å². The number of carbonyl (C=O) groups excluding carboxylic acids is 2. The van der Waals surface area contributed by atoms with E-state index in [1.807, 2.05) is 0 Å². The van der Waals surface area contributed by atoms with Gasteiger partial charge in [-0.2, -0.15) is 0 Å². The summed E-state index contributed by atoms with van der Waals surface area (Å²) >= 11 is 0. The highest BCUT2D eigenvalue weighted by Gasteiger charge is 2.05. The number of Topliss-reactive ketones (excluding diaryl/α,β-unsaturated/α-hetero) is 1. The molecule has 4 nitrogen and oxygen atoms in total. The number of hydrogen-bond donors (Lipinski definition) is 1. The van der Waals surface area contributed by atoms with Gasteiger partial charge in [0.2, 0.25) is 5.91 Å². The lowest BCUT2D eigenvalue weighted by molar-refractivity contribution is -0.114. The van der Waals surface area contributed by atoms with Crippen molar-refractivity contribution >= 4 is 17.4 Å². The molecule has 0 fully saturated rings. The van der Waals surface area contributed by atoms with E-state index in [1.165, 1.54) is 21.0 Å². The predicted molar refractivity (Wildman–Crippen MR) is 57.3 cm³/mol. The highest BCUT2D eigenvalue weighted by atomic mass is 16.5. The van der Waals surface area contributed by atoms with Gasteiger partial charge in [0, 0.05) is 24.2 Å². The van der Waals surface area contributed by atoms with Crippen LogP contribution in [0.5, 0.6) is 5.75 Å². The molecule has 1 N–H and O–H groups in total. The summed E-state index contributed by atoms with van der Waals surface area (Å²) in [6.07, 6.45) is 0. The molecular formula is C11H13NO3. The van der Waals surface area contributed by atoms with Crippen molar-refractivity contribution in [2.45, 2.75) is 13.8 Å². The molecule has 15 heavy (non-hydrogen) atoms. The number of nitrogens with one attached hydrogen (secondary N) is 1. The molecule has 1 amide bonds. The van der Waals surface area contributed by atoms with Crippen LogP contribution in [-0.2, 0) is 4.79 Å². The maximum atomic E-state index is 11.2. The van der Waals surface area contributed by atoms with Crippen molar-refractivity contribution in [3.05, 3.63) is 23.8 Å². The summed E-state index contributed by atoms with van der Waals surface area (Å²) in [5, 5.41) is 2.60. The van der Waals surface area contributed by atoms with Crippen LogP contribution in [0.15, 0.2) is 18.2 Å². The first-order valence-corrected chi connectivity index (χ1v) is 4.50. The van der Waals surface area contributed by atoms with Gasteiger partial charge in [0.05, 0.1) is 7.11 Å². The van der Waals surface area contributed by atoms with Crippen LogP contribution in [0.3, 0.4) is 0 Å². The second-order valence-corrected chi connectivity index (χ2v) is 3.19. The molecule has 0 saturated heterocycles. The lowest BCUT2D eigenvalue weighted by Crippen LogP contribution is -2.07. The fourth-order valence-corrected chi connectivity index (χ4v) is 1.20. The van der Waals surface area contributed by atoms with Crippen molar-refractivity contribution in [3.8, 4) is 5.75 Å². The van der Waals surface area contributed by atoms with Crippen LogP contribution in [0.1, 0.15) is 24.2 Å². The molecular weight excluding hydrogens is 194 g/mol. The highest BCUT2D eigenvalue weighted by Crippen LogP contribution is 2.21. The molecule has 0 atom stereocenters. The smallest absolute Gasteiger partial charge is 0.221 e. The quantitative estimate of drug-likeness (QED) is 0.769. The Labute approximate surface area is 88.2 Å². The van der Waals surface area contributed by atoms with Gasteiger partial charge in [-0.25, -0.2) is 0 Å². The fraction of sp³-hybridized carbons (Fsp3) is 0.273. The number of ether oxygens (including phenoxy) is 1. The van der Waals surface area contributed by atoms with E-state index in [2.05, 4.69) is 5.32 Å². The van der Waals surface area contributed by atoms with Gasteiger partial charge in [-0.15, -0.1) is 0 Å². The molecule has 0 aliphatic rings. The number of methoxy groups -OCH3 is 1. The van der Waals surface area contributed by atoms with Crippen molar-refractivity contribution in [3.63, 3.8) is 0 Å². The molecule has 0 saturated carbocycles. The molecule has 0 aliphatic carbocycles. The molecule has 0 unspecified atom stereocenters. The van der Waals surface area contributed by atoms with Gasteiger partial charge in [0.25, 0.3) is 0 Å². The second kappa shape index (κ2) is 4.59. The highest BCUT2D eigenvalue weighted by molar-refractivity contribution is 5.97. The maximum absolute atomic E-state index is 11.2. The van der Waals surface area contributed by atoms with E-state index in [0.717, 1.165) is 0 Å². The van der Waals surface area contributed by atoms with Crippen LogP contribution in [0.2, 0.25) is 0 Å². The SMILES string of the molecule is COc1cc(NC(C)=O)cc(C(C)=O)c1. The zero-order valence-electron chi connectivity index (χ0n) is 8.96. The van der Waals surface area contributed by atoms with E-state index < -0.39 is 0 Å². The molecule has 1 aromatic rings. The summed E-state index contributed by atoms with van der Waals surface area (Å²) in [6.45, 7) is 2.87. The van der Waals surface area contributed by atoms with Gasteiger partial charge in [0.1, 0.15) is 5.75 Å². The molecule has 4 heteroatoms. The number of benzene rings is 1. The average molecular weight is 207 g/mol. The second-order valence-electron chi connectivity index (χ2n) is 3.19. The Morgan fingerprint density at radius 3 is 2.33 bits per heavy atom. The molecule has 1 aromatic carbocycles. The summed E-state index contributed by atoms with van der Waals surface area (Å²) in [4.78, 5) is 22.0. The van der Waals surface area contributed by atoms with E-state index in [9.17, 15) is 9.59 Å². The summed E-state index contributed by atoms with van der Waals surface area (Å²) in [7, 11) is 1.51. The van der Waals surface area contributed by atoms with Crippen molar-refractivity contribution in [2.75, 3.05) is 12.4 Å². The minimum Gasteiger partial charge on any atom is -0.497 e. The zero-order chi connectivity index (χ0) is 11.4. The van der Waals surface area contributed by atoms with Crippen LogP contribution >= 0.6 is 0 Å². The minimum atomic E-state index is -0.183. The molecule has 0 bridgehead atoms. The zero-order valence-corrected chi connectivity index (χ0v) is 8.96. The van der Waals surface area contributed by atoms with Gasteiger partial charge in [-0.3, -0.25) is 9.59 Å². The van der Waals surface area contributed by atoms with E-state index in [-0.39, 0.29) is 11.7 Å². The molecule has 0 aromatic heterocycles. The standard InChI is InChI=1S/C11H13NO3/c1-7(13)9-4-10(12-8(2)14)6-11(5-9)15-3/h4-6H,1-3H3,(H,12,14). The first-order chi connectivity index (χ1) is 7.02. The Hall–Kier alpha value is -1.84. The number of rotatable bonds is 3. The van der Waals surface area contributed by atoms with Crippen LogP contribution < -0.4 is 10.1 Å². The van der Waals surface area contributed by atoms with Gasteiger partial charge < -0.3 is 10.1 Å². The molecule has 0 radical (unpaired) electrons. The monoisotopic (exact) mass is 207 g/mol. The summed E-state index contributed by atoms with van der Waals surface area (Å²) in [6, 6.07) is 4.91. The number of amides is 1. The van der Waals surface area contributed by atoms with E-state index in [4.69, 9.17) is 4.74 Å². The molecule has 0 aliphatic heterocycles. The number of carbonyl (C=O) groups is 2. The maximum Gasteiger partial charge on any atom is 0.221 e. The predicted octanol–water partition coefficient (Wildman–Crippen LogP) is 1.86. The topological polar surface area (TPSA) is 55.4 Å². The Morgan fingerprint density at radius 2 is 1.87 bits per heavy atom. The number of ketones is 1. The minimum absolute atomic E-state index is 0.0690. The van der Waals surface area contributed by atoms with Gasteiger partial charge in [-0.1, -0.05) is 0 Å². The molecule has 1 rings (SSSR count). The Bertz CT molecular complexity index is 399. The fourth-order valence-electron chi connectivity index (χ4n) is 1.20. The Kier molecular flexibility index (Phi) is 3.44. The lowest BCUT2D eigenvalue weighted by Gasteiger charge is -2.07. The summed E-state index contributed by atoms with van der Waals surface area (Å²) in [5.74, 6) is 0.296. The third-order valence-electron chi connectivity index (χ3n) is 1.87. The van der Waals surface area contributed by atoms with E-state index in [1.54, 1.807) is 18.2 Å². The van der Waals surface area contributed by atoms with Crippen LogP contribution in [0.4, 0.5) is 5.69 Å². The first kappa shape index (κ1) is 11.2. The van der Waals surface area contributed by atoms with Gasteiger partial charge in [-0.05, 0) is 19.1 Å². The first-order valence-electron chi connectivity index (χ1n) is 4.50. The molecule has 0 heterocycles. The Morgan fingerprint density at radius 1 is 1.20 bits per heavy atom.